The number of nitrogens with zero attached hydrogens (tertiary/aromatic N) is 2. The van der Waals surface area contributed by atoms with E-state index in [0.29, 0.717) is 18.7 Å². The summed E-state index contributed by atoms with van der Waals surface area (Å²) < 4.78 is 17.9. The Balaban J connectivity index is 2.03. The van der Waals surface area contributed by atoms with Gasteiger partial charge in [-0.15, -0.1) is 0 Å². The molecule has 15 heavy (non-hydrogen) atoms. The van der Waals surface area contributed by atoms with Crippen molar-refractivity contribution in [1.29, 1.82) is 0 Å². The van der Waals surface area contributed by atoms with Gasteiger partial charge in [-0.1, -0.05) is 0 Å². The molecule has 0 aromatic carbocycles. The molecule has 1 aromatic heterocycles. The molecule has 2 heterocycles. The van der Waals surface area contributed by atoms with Gasteiger partial charge in [-0.05, 0) is 12.1 Å². The maximum atomic E-state index is 12.5. The van der Waals surface area contributed by atoms with Gasteiger partial charge in [0.15, 0.2) is 6.10 Å². The molecular formula is C10H11FN2O2. The fraction of sp³-hybridized carbons (Fsp3) is 0.400. The van der Waals surface area contributed by atoms with E-state index in [2.05, 4.69) is 4.98 Å². The first kappa shape index (κ1) is 9.89. The maximum Gasteiger partial charge on any atom is 0.263 e. The molecule has 1 amide bonds. The fourth-order valence-electron chi connectivity index (χ4n) is 1.50. The molecule has 1 fully saturated rings. The van der Waals surface area contributed by atoms with Crippen LogP contribution in [0.4, 0.5) is 4.39 Å². The largest absolute Gasteiger partial charge is 0.479 e. The van der Waals surface area contributed by atoms with E-state index in [1.54, 1.807) is 11.9 Å². The third-order valence-electron chi connectivity index (χ3n) is 2.36. The lowest BCUT2D eigenvalue weighted by atomic mass is 10.3. The zero-order valence-electron chi connectivity index (χ0n) is 8.31. The molecule has 4 nitrogen and oxygen atoms in total. The Hall–Kier alpha value is -1.65. The molecule has 0 radical (unpaired) electrons. The summed E-state index contributed by atoms with van der Waals surface area (Å²) in [5.41, 5.74) is 0. The number of likely N-dealkylation sites (N-methyl/N-ethyl adjacent to an activating group) is 1. The molecule has 5 heteroatoms. The van der Waals surface area contributed by atoms with Gasteiger partial charge in [0.2, 0.25) is 5.95 Å². The lowest BCUT2D eigenvalue weighted by molar-refractivity contribution is -0.132. The van der Waals surface area contributed by atoms with Crippen LogP contribution in [0.15, 0.2) is 18.3 Å². The Bertz CT molecular complexity index is 366. The normalized spacial score (nSPS) is 20.8. The molecule has 0 N–H and O–H groups in total. The van der Waals surface area contributed by atoms with Crippen molar-refractivity contribution < 1.29 is 13.9 Å². The number of hydrogen-bond acceptors (Lipinski definition) is 3. The van der Waals surface area contributed by atoms with E-state index >= 15 is 0 Å². The van der Waals surface area contributed by atoms with Gasteiger partial charge in [0.05, 0.1) is 6.20 Å². The fourth-order valence-corrected chi connectivity index (χ4v) is 1.50. The quantitative estimate of drug-likeness (QED) is 0.679. The second-order valence-electron chi connectivity index (χ2n) is 3.47. The zero-order chi connectivity index (χ0) is 10.8. The van der Waals surface area contributed by atoms with Crippen LogP contribution in [0.1, 0.15) is 6.42 Å². The minimum atomic E-state index is -0.558. The molecule has 0 aliphatic carbocycles. The van der Waals surface area contributed by atoms with Gasteiger partial charge in [-0.25, -0.2) is 4.98 Å². The minimum absolute atomic E-state index is 0.0423. The number of ether oxygens (including phenoxy) is 1. The number of carbonyl (C=O) groups excluding carboxylic acids is 1. The van der Waals surface area contributed by atoms with E-state index in [1.807, 2.05) is 0 Å². The van der Waals surface area contributed by atoms with Gasteiger partial charge in [0.1, 0.15) is 5.75 Å². The summed E-state index contributed by atoms with van der Waals surface area (Å²) in [5.74, 6) is -0.179. The highest BCUT2D eigenvalue weighted by atomic mass is 19.1. The average Bonchev–Trinajstić information content (AvgIpc) is 2.53. The number of aromatic nitrogens is 1. The Labute approximate surface area is 86.7 Å². The van der Waals surface area contributed by atoms with Crippen molar-refractivity contribution in [1.82, 2.24) is 9.88 Å². The van der Waals surface area contributed by atoms with Crippen LogP contribution in [0.2, 0.25) is 0 Å². The van der Waals surface area contributed by atoms with E-state index in [9.17, 15) is 9.18 Å². The Kier molecular flexibility index (Phi) is 2.53. The molecule has 1 atom stereocenters. The van der Waals surface area contributed by atoms with Crippen LogP contribution >= 0.6 is 0 Å². The highest BCUT2D eigenvalue weighted by molar-refractivity contribution is 5.83. The number of pyridine rings is 1. The molecule has 0 spiro atoms. The van der Waals surface area contributed by atoms with Gasteiger partial charge >= 0.3 is 0 Å². The van der Waals surface area contributed by atoms with Gasteiger partial charge in [-0.3, -0.25) is 4.79 Å². The number of amides is 1. The molecule has 0 saturated carbocycles. The Morgan fingerprint density at radius 2 is 2.40 bits per heavy atom. The lowest BCUT2D eigenvalue weighted by Crippen LogP contribution is -2.29. The van der Waals surface area contributed by atoms with Crippen LogP contribution in [0.5, 0.6) is 5.75 Å². The van der Waals surface area contributed by atoms with Crippen LogP contribution in [-0.4, -0.2) is 35.5 Å². The minimum Gasteiger partial charge on any atom is -0.479 e. The summed E-state index contributed by atoms with van der Waals surface area (Å²) in [6, 6.07) is 2.67. The van der Waals surface area contributed by atoms with Crippen molar-refractivity contribution >= 4 is 5.91 Å². The van der Waals surface area contributed by atoms with E-state index < -0.39 is 12.1 Å². The SMILES string of the molecule is CN1CCC(Oc2ccc(F)nc2)C1=O. The van der Waals surface area contributed by atoms with Crippen LogP contribution < -0.4 is 4.74 Å². The van der Waals surface area contributed by atoms with Crippen molar-refractivity contribution in [2.75, 3.05) is 13.6 Å². The van der Waals surface area contributed by atoms with Crippen molar-refractivity contribution in [3.05, 3.63) is 24.3 Å². The maximum absolute atomic E-state index is 12.5. The summed E-state index contributed by atoms with van der Waals surface area (Å²) >= 11 is 0. The summed E-state index contributed by atoms with van der Waals surface area (Å²) in [7, 11) is 1.73. The number of rotatable bonds is 2. The summed E-state index contributed by atoms with van der Waals surface area (Å²) in [6.07, 6.45) is 1.48. The standard InChI is InChI=1S/C10H11FN2O2/c1-13-5-4-8(10(13)14)15-7-2-3-9(11)12-6-7/h2-3,6,8H,4-5H2,1H3. The molecule has 1 saturated heterocycles. The molecule has 80 valence electrons. The van der Waals surface area contributed by atoms with E-state index in [-0.39, 0.29) is 5.91 Å². The van der Waals surface area contributed by atoms with Gasteiger partial charge < -0.3 is 9.64 Å². The Morgan fingerprint density at radius 1 is 1.60 bits per heavy atom. The van der Waals surface area contributed by atoms with Gasteiger partial charge in [0, 0.05) is 20.0 Å². The van der Waals surface area contributed by atoms with Gasteiger partial charge in [0.25, 0.3) is 5.91 Å². The smallest absolute Gasteiger partial charge is 0.263 e. The van der Waals surface area contributed by atoms with E-state index in [1.165, 1.54) is 18.3 Å². The molecule has 0 bridgehead atoms. The third-order valence-corrected chi connectivity index (χ3v) is 2.36. The van der Waals surface area contributed by atoms with Crippen molar-refractivity contribution in [3.63, 3.8) is 0 Å². The van der Waals surface area contributed by atoms with Crippen molar-refractivity contribution in [3.8, 4) is 5.75 Å². The first-order chi connectivity index (χ1) is 7.16. The molecule has 1 aromatic rings. The highest BCUT2D eigenvalue weighted by Crippen LogP contribution is 2.17. The van der Waals surface area contributed by atoms with E-state index in [4.69, 9.17) is 4.74 Å². The lowest BCUT2D eigenvalue weighted by Gasteiger charge is -2.12. The zero-order valence-corrected chi connectivity index (χ0v) is 8.31. The van der Waals surface area contributed by atoms with Gasteiger partial charge in [-0.2, -0.15) is 4.39 Å². The molecule has 2 rings (SSSR count). The predicted octanol–water partition coefficient (Wildman–Crippen LogP) is 0.830. The third kappa shape index (κ3) is 2.06. The summed E-state index contributed by atoms with van der Waals surface area (Å²) in [6.45, 7) is 0.693. The summed E-state index contributed by atoms with van der Waals surface area (Å²) in [5, 5.41) is 0. The second kappa shape index (κ2) is 3.84. The molecular weight excluding hydrogens is 199 g/mol. The number of likely N-dealkylation sites (tertiary alicyclic amines) is 1. The molecule has 1 aliphatic rings. The monoisotopic (exact) mass is 210 g/mol. The van der Waals surface area contributed by atoms with Crippen LogP contribution in [0.25, 0.3) is 0 Å². The first-order valence-corrected chi connectivity index (χ1v) is 4.70. The highest BCUT2D eigenvalue weighted by Gasteiger charge is 2.30. The van der Waals surface area contributed by atoms with Crippen LogP contribution in [-0.2, 0) is 4.79 Å². The first-order valence-electron chi connectivity index (χ1n) is 4.70. The van der Waals surface area contributed by atoms with E-state index in [0.717, 1.165) is 0 Å². The summed E-state index contributed by atoms with van der Waals surface area (Å²) in [4.78, 5) is 16.5. The molecule has 1 unspecified atom stereocenters. The Morgan fingerprint density at radius 3 is 2.93 bits per heavy atom. The number of carbonyl (C=O) groups is 1. The topological polar surface area (TPSA) is 42.4 Å². The second-order valence-corrected chi connectivity index (χ2v) is 3.47. The number of hydrogen-bond donors (Lipinski definition) is 0. The average molecular weight is 210 g/mol. The predicted molar refractivity (Wildman–Crippen MR) is 50.9 cm³/mol. The van der Waals surface area contributed by atoms with Crippen LogP contribution in [0, 0.1) is 5.95 Å². The van der Waals surface area contributed by atoms with Crippen molar-refractivity contribution in [2.45, 2.75) is 12.5 Å². The van der Waals surface area contributed by atoms with Crippen molar-refractivity contribution in [2.24, 2.45) is 0 Å². The number of halogens is 1. The van der Waals surface area contributed by atoms with Crippen LogP contribution in [0.3, 0.4) is 0 Å². The molecule has 1 aliphatic heterocycles.